The summed E-state index contributed by atoms with van der Waals surface area (Å²) < 4.78 is 20.1. The second-order valence-electron chi connectivity index (χ2n) is 9.26. The van der Waals surface area contributed by atoms with E-state index in [1.165, 1.54) is 19.5 Å². The minimum absolute atomic E-state index is 0.0586. The van der Waals surface area contributed by atoms with Crippen molar-refractivity contribution >= 4 is 22.6 Å². The van der Waals surface area contributed by atoms with Crippen molar-refractivity contribution in [3.63, 3.8) is 0 Å². The fraction of sp³-hybridized carbons (Fsp3) is 0.308. The summed E-state index contributed by atoms with van der Waals surface area (Å²) in [6.07, 6.45) is 7.82. The number of carbonyl (C=O) groups is 1. The van der Waals surface area contributed by atoms with Gasteiger partial charge in [0.25, 0.3) is 5.91 Å². The van der Waals surface area contributed by atoms with E-state index >= 15 is 0 Å². The molecule has 1 N–H and O–H groups in total. The van der Waals surface area contributed by atoms with Gasteiger partial charge in [-0.3, -0.25) is 19.7 Å². The van der Waals surface area contributed by atoms with Crippen molar-refractivity contribution in [1.29, 1.82) is 0 Å². The molecule has 1 fully saturated rings. The first-order chi connectivity index (χ1) is 17.5. The van der Waals surface area contributed by atoms with Gasteiger partial charge in [-0.25, -0.2) is 14.4 Å². The quantitative estimate of drug-likeness (QED) is 0.459. The molecule has 0 saturated carbocycles. The van der Waals surface area contributed by atoms with Gasteiger partial charge in [0, 0.05) is 36.4 Å². The SMILES string of the molecule is C[C@@]1(F)COCc2ncc(C(=O)NCc3cc4nc(-c5cncc(N6CCC6)n5)ccc4cn3)cc21. The second kappa shape index (κ2) is 8.87. The van der Waals surface area contributed by atoms with Crippen LogP contribution in [0.3, 0.4) is 0 Å². The molecule has 0 aromatic carbocycles. The van der Waals surface area contributed by atoms with Crippen molar-refractivity contribution in [3.8, 4) is 11.4 Å². The third-order valence-electron chi connectivity index (χ3n) is 6.53. The molecule has 0 bridgehead atoms. The van der Waals surface area contributed by atoms with E-state index in [4.69, 9.17) is 14.7 Å². The molecule has 1 saturated heterocycles. The normalized spacial score (nSPS) is 19.0. The molecular formula is C26H24FN7O2. The van der Waals surface area contributed by atoms with Gasteiger partial charge in [0.2, 0.25) is 0 Å². The van der Waals surface area contributed by atoms with Gasteiger partial charge in [0.1, 0.15) is 11.5 Å². The predicted octanol–water partition coefficient (Wildman–Crippen LogP) is 3.34. The number of rotatable bonds is 5. The number of anilines is 1. The first-order valence-electron chi connectivity index (χ1n) is 11.8. The number of fused-ring (bicyclic) bond motifs is 2. The van der Waals surface area contributed by atoms with Crippen LogP contribution in [0.5, 0.6) is 0 Å². The van der Waals surface area contributed by atoms with E-state index in [1.54, 1.807) is 24.7 Å². The maximum absolute atomic E-state index is 14.8. The zero-order valence-corrected chi connectivity index (χ0v) is 19.7. The highest BCUT2D eigenvalue weighted by atomic mass is 19.1. The highest BCUT2D eigenvalue weighted by Gasteiger charge is 2.34. The highest BCUT2D eigenvalue weighted by molar-refractivity contribution is 5.94. The zero-order valence-electron chi connectivity index (χ0n) is 19.7. The summed E-state index contributed by atoms with van der Waals surface area (Å²) in [6, 6.07) is 7.24. The van der Waals surface area contributed by atoms with Crippen LogP contribution in [-0.2, 0) is 23.6 Å². The van der Waals surface area contributed by atoms with Crippen molar-refractivity contribution in [3.05, 3.63) is 71.6 Å². The lowest BCUT2D eigenvalue weighted by Crippen LogP contribution is -2.37. The van der Waals surface area contributed by atoms with Gasteiger partial charge in [-0.05, 0) is 37.6 Å². The number of hydrogen-bond acceptors (Lipinski definition) is 8. The summed E-state index contributed by atoms with van der Waals surface area (Å²) in [5, 5.41) is 3.72. The van der Waals surface area contributed by atoms with Crippen LogP contribution in [0, 0.1) is 0 Å². The highest BCUT2D eigenvalue weighted by Crippen LogP contribution is 2.33. The lowest BCUT2D eigenvalue weighted by molar-refractivity contribution is -0.00692. The minimum Gasteiger partial charge on any atom is -0.371 e. The Morgan fingerprint density at radius 2 is 2.00 bits per heavy atom. The fourth-order valence-electron chi connectivity index (χ4n) is 4.35. The number of hydrogen-bond donors (Lipinski definition) is 1. The van der Waals surface area contributed by atoms with Gasteiger partial charge in [-0.15, -0.1) is 0 Å². The molecule has 36 heavy (non-hydrogen) atoms. The average Bonchev–Trinajstić information content (AvgIpc) is 2.86. The van der Waals surface area contributed by atoms with Crippen LogP contribution in [0.2, 0.25) is 0 Å². The number of pyridine rings is 3. The molecule has 2 aliphatic heterocycles. The number of amides is 1. The Balaban J connectivity index is 1.20. The molecule has 0 aliphatic carbocycles. The van der Waals surface area contributed by atoms with Gasteiger partial charge in [-0.2, -0.15) is 0 Å². The summed E-state index contributed by atoms with van der Waals surface area (Å²) in [6.45, 7) is 3.79. The Morgan fingerprint density at radius 1 is 1.11 bits per heavy atom. The predicted molar refractivity (Wildman–Crippen MR) is 131 cm³/mol. The number of nitrogens with zero attached hydrogens (tertiary/aromatic N) is 6. The average molecular weight is 486 g/mol. The Kier molecular flexibility index (Phi) is 5.52. The molecule has 9 nitrogen and oxygen atoms in total. The summed E-state index contributed by atoms with van der Waals surface area (Å²) in [5.74, 6) is 0.505. The van der Waals surface area contributed by atoms with Crippen LogP contribution in [0.4, 0.5) is 10.2 Å². The molecule has 182 valence electrons. The van der Waals surface area contributed by atoms with E-state index in [2.05, 4.69) is 25.2 Å². The lowest BCUT2D eigenvalue weighted by Gasteiger charge is -2.31. The van der Waals surface area contributed by atoms with Gasteiger partial charge in [0.05, 0.1) is 60.3 Å². The smallest absolute Gasteiger partial charge is 0.253 e. The number of halogens is 1. The maximum atomic E-state index is 14.8. The van der Waals surface area contributed by atoms with E-state index in [-0.39, 0.29) is 25.7 Å². The number of aromatic nitrogens is 5. The van der Waals surface area contributed by atoms with Crippen molar-refractivity contribution in [1.82, 2.24) is 30.2 Å². The molecule has 6 rings (SSSR count). The van der Waals surface area contributed by atoms with Crippen LogP contribution >= 0.6 is 0 Å². The number of ether oxygens (including phenoxy) is 1. The topological polar surface area (TPSA) is 106 Å². The molecule has 1 atom stereocenters. The number of alkyl halides is 1. The molecule has 6 heterocycles. The van der Waals surface area contributed by atoms with Crippen molar-refractivity contribution in [2.24, 2.45) is 0 Å². The molecular weight excluding hydrogens is 461 g/mol. The van der Waals surface area contributed by atoms with E-state index in [0.29, 0.717) is 28.2 Å². The molecule has 0 unspecified atom stereocenters. The fourth-order valence-corrected chi connectivity index (χ4v) is 4.35. The molecule has 0 spiro atoms. The second-order valence-corrected chi connectivity index (χ2v) is 9.26. The molecule has 4 aromatic rings. The van der Waals surface area contributed by atoms with E-state index in [0.717, 1.165) is 35.5 Å². The van der Waals surface area contributed by atoms with Crippen molar-refractivity contribution < 1.29 is 13.9 Å². The van der Waals surface area contributed by atoms with Crippen LogP contribution in [0.15, 0.2) is 49.1 Å². The van der Waals surface area contributed by atoms with Gasteiger partial charge in [0.15, 0.2) is 5.67 Å². The van der Waals surface area contributed by atoms with E-state index < -0.39 is 5.67 Å². The maximum Gasteiger partial charge on any atom is 0.253 e. The zero-order chi connectivity index (χ0) is 24.7. The molecule has 4 aromatic heterocycles. The summed E-state index contributed by atoms with van der Waals surface area (Å²) in [5.41, 5.74) is 2.34. The van der Waals surface area contributed by atoms with Crippen LogP contribution < -0.4 is 10.2 Å². The lowest BCUT2D eigenvalue weighted by atomic mass is 9.94. The standard InChI is InChI=1S/C26H24FN7O2/c1-26(27)15-36-14-23-19(26)7-17(10-30-23)25(35)31-11-18-8-21-16(9-29-18)3-4-20(32-21)22-12-28-13-24(33-22)34-5-2-6-34/h3-4,7-10,12-13H,2,5-6,11,14-15H2,1H3,(H,31,35)/t26-/m1/s1. The monoisotopic (exact) mass is 485 g/mol. The van der Waals surface area contributed by atoms with Crippen molar-refractivity contribution in [2.75, 3.05) is 24.6 Å². The Bertz CT molecular complexity index is 1470. The molecule has 1 amide bonds. The molecule has 10 heteroatoms. The van der Waals surface area contributed by atoms with E-state index in [9.17, 15) is 9.18 Å². The van der Waals surface area contributed by atoms with Crippen LogP contribution in [-0.4, -0.2) is 50.5 Å². The third kappa shape index (κ3) is 4.24. The van der Waals surface area contributed by atoms with Gasteiger partial charge < -0.3 is 15.0 Å². The third-order valence-corrected chi connectivity index (χ3v) is 6.53. The van der Waals surface area contributed by atoms with Crippen molar-refractivity contribution in [2.45, 2.75) is 32.2 Å². The van der Waals surface area contributed by atoms with Gasteiger partial charge >= 0.3 is 0 Å². The Labute approximate surface area is 206 Å². The number of carbonyl (C=O) groups excluding carboxylic acids is 1. The van der Waals surface area contributed by atoms with E-state index in [1.807, 2.05) is 18.2 Å². The molecule has 2 aliphatic rings. The first kappa shape index (κ1) is 22.4. The summed E-state index contributed by atoms with van der Waals surface area (Å²) in [7, 11) is 0. The Hall–Kier alpha value is -4.05. The largest absolute Gasteiger partial charge is 0.371 e. The Morgan fingerprint density at radius 3 is 2.83 bits per heavy atom. The van der Waals surface area contributed by atoms with Crippen LogP contribution in [0.25, 0.3) is 22.3 Å². The molecule has 0 radical (unpaired) electrons. The first-order valence-corrected chi connectivity index (χ1v) is 11.8. The summed E-state index contributed by atoms with van der Waals surface area (Å²) >= 11 is 0. The van der Waals surface area contributed by atoms with Crippen LogP contribution in [0.1, 0.15) is 40.7 Å². The minimum atomic E-state index is -1.68. The summed E-state index contributed by atoms with van der Waals surface area (Å²) in [4.78, 5) is 37.4. The number of nitrogens with one attached hydrogen (secondary N) is 1. The van der Waals surface area contributed by atoms with Gasteiger partial charge in [-0.1, -0.05) is 0 Å².